The predicted molar refractivity (Wildman–Crippen MR) is 127 cm³/mol. The van der Waals surface area contributed by atoms with E-state index in [1.165, 1.54) is 19.2 Å². The summed E-state index contributed by atoms with van der Waals surface area (Å²) in [6.07, 6.45) is 5.48. The van der Waals surface area contributed by atoms with Gasteiger partial charge in [-0.2, -0.15) is 0 Å². The summed E-state index contributed by atoms with van der Waals surface area (Å²) in [5, 5.41) is 23.7. The first-order chi connectivity index (χ1) is 14.7. The van der Waals surface area contributed by atoms with Gasteiger partial charge in [0.25, 0.3) is 0 Å². The summed E-state index contributed by atoms with van der Waals surface area (Å²) in [5.41, 5.74) is 2.43. The number of sulfonamides is 1. The number of allylic oxidation sites excluding steroid dienone is 2. The van der Waals surface area contributed by atoms with Crippen molar-refractivity contribution in [2.45, 2.75) is 58.6 Å². The lowest BCUT2D eigenvalue weighted by atomic mass is 9.92. The predicted octanol–water partition coefficient (Wildman–Crippen LogP) is 2.88. The molecule has 1 rings (SSSR count). The van der Waals surface area contributed by atoms with Gasteiger partial charge < -0.3 is 20.3 Å². The number of esters is 1. The number of phenols is 1. The molecule has 0 radical (unpaired) electrons. The van der Waals surface area contributed by atoms with E-state index in [9.17, 15) is 23.4 Å². The van der Waals surface area contributed by atoms with Gasteiger partial charge in [-0.3, -0.25) is 9.52 Å². The number of hydrogen-bond acceptors (Lipinski definition) is 7. The number of β-amino-alcohol motifs (C(OH)–C–C–N with tert-alkyl or cyclic N) is 1. The molecule has 1 atom stereocenters. The van der Waals surface area contributed by atoms with E-state index in [2.05, 4.69) is 10.0 Å². The highest BCUT2D eigenvalue weighted by molar-refractivity contribution is 7.92. The van der Waals surface area contributed by atoms with Crippen LogP contribution in [-0.2, 0) is 26.0 Å². The van der Waals surface area contributed by atoms with Gasteiger partial charge in [-0.25, -0.2) is 8.42 Å². The van der Waals surface area contributed by atoms with Gasteiger partial charge in [-0.15, -0.1) is 0 Å². The Kier molecular flexibility index (Phi) is 10.4. The number of anilines is 1. The first-order valence-corrected chi connectivity index (χ1v) is 12.3. The first-order valence-electron chi connectivity index (χ1n) is 10.4. The minimum Gasteiger partial charge on any atom is -0.506 e. The molecule has 9 heteroatoms. The number of aliphatic hydroxyl groups excluding tert-OH is 1. The molecule has 0 fully saturated rings. The number of phenolic OH excluding ortho intramolecular Hbond substituents is 1. The van der Waals surface area contributed by atoms with Crippen molar-refractivity contribution in [1.82, 2.24) is 5.32 Å². The molecule has 8 nitrogen and oxygen atoms in total. The third-order valence-electron chi connectivity index (χ3n) is 4.74. The number of benzene rings is 1. The van der Waals surface area contributed by atoms with Gasteiger partial charge in [0, 0.05) is 12.1 Å². The van der Waals surface area contributed by atoms with Gasteiger partial charge >= 0.3 is 5.97 Å². The molecule has 0 amide bonds. The molecule has 0 heterocycles. The Morgan fingerprint density at radius 3 is 2.53 bits per heavy atom. The summed E-state index contributed by atoms with van der Waals surface area (Å²) in [5.74, 6) is -0.457. The molecule has 1 unspecified atom stereocenters. The van der Waals surface area contributed by atoms with E-state index in [0.717, 1.165) is 17.4 Å². The fourth-order valence-electron chi connectivity index (χ4n) is 3.21. The Morgan fingerprint density at radius 2 is 1.97 bits per heavy atom. The van der Waals surface area contributed by atoms with Gasteiger partial charge in [0.2, 0.25) is 10.0 Å². The van der Waals surface area contributed by atoms with Crippen LogP contribution in [0.2, 0.25) is 0 Å². The van der Waals surface area contributed by atoms with Crippen molar-refractivity contribution < 1.29 is 28.2 Å². The van der Waals surface area contributed by atoms with E-state index in [-0.39, 0.29) is 35.8 Å². The van der Waals surface area contributed by atoms with Crippen molar-refractivity contribution >= 4 is 21.7 Å². The smallest absolute Gasteiger partial charge is 0.309 e. The molecule has 0 bridgehead atoms. The second kappa shape index (κ2) is 12.0. The maximum absolute atomic E-state index is 11.4. The Balaban J connectivity index is 2.71. The van der Waals surface area contributed by atoms with E-state index >= 15 is 0 Å². The minimum atomic E-state index is -3.53. The topological polar surface area (TPSA) is 125 Å². The van der Waals surface area contributed by atoms with Crippen LogP contribution >= 0.6 is 0 Å². The van der Waals surface area contributed by atoms with E-state index < -0.39 is 16.1 Å². The summed E-state index contributed by atoms with van der Waals surface area (Å²) < 4.78 is 29.8. The largest absolute Gasteiger partial charge is 0.506 e. The quantitative estimate of drug-likeness (QED) is 0.211. The second-order valence-electron chi connectivity index (χ2n) is 8.63. The second-order valence-corrected chi connectivity index (χ2v) is 10.4. The molecule has 0 saturated carbocycles. The molecule has 0 aliphatic carbocycles. The molecule has 1 aromatic rings. The van der Waals surface area contributed by atoms with Gasteiger partial charge in [0.15, 0.2) is 0 Å². The van der Waals surface area contributed by atoms with E-state index in [1.807, 2.05) is 39.8 Å². The van der Waals surface area contributed by atoms with Gasteiger partial charge in [0.05, 0.1) is 31.6 Å². The highest BCUT2D eigenvalue weighted by Gasteiger charge is 2.20. The Morgan fingerprint density at radius 1 is 1.31 bits per heavy atom. The molecular formula is C23H36N2O6S. The van der Waals surface area contributed by atoms with Gasteiger partial charge in [-0.05, 0) is 58.2 Å². The highest BCUT2D eigenvalue weighted by atomic mass is 32.2. The van der Waals surface area contributed by atoms with E-state index in [4.69, 9.17) is 4.74 Å². The summed E-state index contributed by atoms with van der Waals surface area (Å²) in [4.78, 5) is 11.4. The normalized spacial score (nSPS) is 14.2. The Hall–Kier alpha value is -2.36. The number of carbonyl (C=O) groups is 1. The number of carbonyl (C=O) groups excluding carboxylic acids is 1. The molecule has 0 aliphatic rings. The molecule has 0 aliphatic heterocycles. The molecule has 180 valence electrons. The van der Waals surface area contributed by atoms with Crippen molar-refractivity contribution in [1.29, 1.82) is 0 Å². The van der Waals surface area contributed by atoms with Crippen LogP contribution in [-0.4, -0.2) is 56.2 Å². The maximum atomic E-state index is 11.4. The lowest BCUT2D eigenvalue weighted by molar-refractivity contribution is -0.139. The number of hydrogen-bond donors (Lipinski definition) is 4. The van der Waals surface area contributed by atoms with Gasteiger partial charge in [0.1, 0.15) is 5.75 Å². The molecule has 0 spiro atoms. The Labute approximate surface area is 191 Å². The maximum Gasteiger partial charge on any atom is 0.309 e. The fraction of sp³-hybridized carbons (Fsp3) is 0.522. The van der Waals surface area contributed by atoms with Crippen LogP contribution in [0.3, 0.4) is 0 Å². The number of nitrogens with one attached hydrogen (secondary N) is 2. The molecule has 0 aromatic heterocycles. The average Bonchev–Trinajstić information content (AvgIpc) is 2.67. The number of aliphatic hydroxyl groups is 1. The monoisotopic (exact) mass is 468 g/mol. The Bertz CT molecular complexity index is 951. The SMILES string of the molecule is C/C=C(\C=C(/C)CC(=O)OC)CC(C)(C)NCC(O)Cc1ccc(O)c(NS(C)(=O)=O)c1. The number of aromatic hydroxyl groups is 1. The fourth-order valence-corrected chi connectivity index (χ4v) is 3.77. The summed E-state index contributed by atoms with van der Waals surface area (Å²) in [6.45, 7) is 8.21. The standard InChI is InChI=1S/C23H36N2O6S/c1-7-17(10-16(2)11-22(28)31-5)14-23(3,4)24-15-19(26)12-18-8-9-21(27)20(13-18)25-32(6,29)30/h7-10,13,19,24-27H,11-12,14-15H2,1-6H3/b16-10+,17-7+. The van der Waals surface area contributed by atoms with Crippen molar-refractivity contribution in [3.05, 3.63) is 47.1 Å². The third kappa shape index (κ3) is 10.8. The van der Waals surface area contributed by atoms with Crippen LogP contribution in [0.5, 0.6) is 5.75 Å². The molecular weight excluding hydrogens is 432 g/mol. The zero-order valence-electron chi connectivity index (χ0n) is 19.7. The summed E-state index contributed by atoms with van der Waals surface area (Å²) in [7, 11) is -2.16. The van der Waals surface area contributed by atoms with Gasteiger partial charge in [-0.1, -0.05) is 29.4 Å². The number of ether oxygens (including phenoxy) is 1. The van der Waals surface area contributed by atoms with Crippen molar-refractivity contribution in [2.24, 2.45) is 0 Å². The van der Waals surface area contributed by atoms with Crippen LogP contribution in [0.25, 0.3) is 0 Å². The van der Waals surface area contributed by atoms with Crippen LogP contribution in [0.15, 0.2) is 41.5 Å². The number of methoxy groups -OCH3 is 1. The van der Waals surface area contributed by atoms with Crippen molar-refractivity contribution in [3.63, 3.8) is 0 Å². The van der Waals surface area contributed by atoms with Crippen molar-refractivity contribution in [3.8, 4) is 5.75 Å². The summed E-state index contributed by atoms with van der Waals surface area (Å²) >= 11 is 0. The zero-order chi connectivity index (χ0) is 24.5. The molecule has 4 N–H and O–H groups in total. The summed E-state index contributed by atoms with van der Waals surface area (Å²) in [6, 6.07) is 4.55. The lowest BCUT2D eigenvalue weighted by Crippen LogP contribution is -2.44. The minimum absolute atomic E-state index is 0.0809. The van der Waals surface area contributed by atoms with Crippen LogP contribution in [0.1, 0.15) is 46.1 Å². The first kappa shape index (κ1) is 27.7. The van der Waals surface area contributed by atoms with Crippen LogP contribution in [0.4, 0.5) is 5.69 Å². The lowest BCUT2D eigenvalue weighted by Gasteiger charge is -2.28. The average molecular weight is 469 g/mol. The van der Waals surface area contributed by atoms with Crippen LogP contribution < -0.4 is 10.0 Å². The molecule has 32 heavy (non-hydrogen) atoms. The van der Waals surface area contributed by atoms with E-state index in [0.29, 0.717) is 18.5 Å². The molecule has 0 saturated heterocycles. The number of rotatable bonds is 12. The zero-order valence-corrected chi connectivity index (χ0v) is 20.5. The highest BCUT2D eigenvalue weighted by Crippen LogP contribution is 2.26. The van der Waals surface area contributed by atoms with Crippen LogP contribution in [0, 0.1) is 0 Å². The third-order valence-corrected chi connectivity index (χ3v) is 5.33. The van der Waals surface area contributed by atoms with E-state index in [1.54, 1.807) is 6.07 Å². The van der Waals surface area contributed by atoms with Crippen molar-refractivity contribution in [2.75, 3.05) is 24.6 Å². The molecule has 1 aromatic carbocycles.